The van der Waals surface area contributed by atoms with E-state index in [2.05, 4.69) is 26.9 Å². The van der Waals surface area contributed by atoms with Gasteiger partial charge in [0.15, 0.2) is 11.5 Å². The third kappa shape index (κ3) is 5.06. The zero-order chi connectivity index (χ0) is 23.8. The van der Waals surface area contributed by atoms with Crippen molar-refractivity contribution in [2.75, 3.05) is 5.73 Å². The molecule has 0 aliphatic heterocycles. The summed E-state index contributed by atoms with van der Waals surface area (Å²) in [7, 11) is 0. The Balaban J connectivity index is 0.000000212. The third-order valence-electron chi connectivity index (χ3n) is 4.84. The maximum atomic E-state index is 14.0. The Hall–Kier alpha value is -4.07. The van der Waals surface area contributed by atoms with E-state index >= 15 is 0 Å². The van der Waals surface area contributed by atoms with Crippen molar-refractivity contribution in [2.45, 2.75) is 33.6 Å². The van der Waals surface area contributed by atoms with Crippen LogP contribution in [0.2, 0.25) is 0 Å². The van der Waals surface area contributed by atoms with Gasteiger partial charge in [-0.3, -0.25) is 9.36 Å². The van der Waals surface area contributed by atoms with E-state index in [9.17, 15) is 9.18 Å². The van der Waals surface area contributed by atoms with E-state index < -0.39 is 5.82 Å². The SMILES string of the molecule is CC.CCCc1cc2cccc(F)c2c(=O)n1-c1ccccc1.Nc1ncnc2nc[nH]c12. The highest BCUT2D eigenvalue weighted by molar-refractivity contribution is 5.83. The van der Waals surface area contributed by atoms with Gasteiger partial charge in [0.05, 0.1) is 11.7 Å². The first kappa shape index (κ1) is 23.6. The van der Waals surface area contributed by atoms with Crippen LogP contribution in [0.4, 0.5) is 10.2 Å². The molecule has 0 unspecified atom stereocenters. The molecule has 0 bridgehead atoms. The molecule has 3 aromatic heterocycles. The Kier molecular flexibility index (Phi) is 7.86. The number of para-hydroxylation sites is 1. The van der Waals surface area contributed by atoms with Crippen LogP contribution < -0.4 is 11.3 Å². The number of nitrogens with one attached hydrogen (secondary N) is 1. The monoisotopic (exact) mass is 446 g/mol. The van der Waals surface area contributed by atoms with Crippen molar-refractivity contribution >= 4 is 27.8 Å². The lowest BCUT2D eigenvalue weighted by molar-refractivity contribution is 0.637. The van der Waals surface area contributed by atoms with Gasteiger partial charge in [0.1, 0.15) is 17.7 Å². The molecular weight excluding hydrogens is 419 g/mol. The van der Waals surface area contributed by atoms with Crippen LogP contribution in [0, 0.1) is 5.82 Å². The number of nitrogens with two attached hydrogens (primary N) is 1. The molecule has 7 nitrogen and oxygen atoms in total. The van der Waals surface area contributed by atoms with Gasteiger partial charge < -0.3 is 10.7 Å². The summed E-state index contributed by atoms with van der Waals surface area (Å²) in [6, 6.07) is 16.1. The molecule has 33 heavy (non-hydrogen) atoms. The summed E-state index contributed by atoms with van der Waals surface area (Å²) < 4.78 is 15.7. The van der Waals surface area contributed by atoms with Gasteiger partial charge in [-0.2, -0.15) is 0 Å². The molecule has 0 saturated carbocycles. The lowest BCUT2D eigenvalue weighted by atomic mass is 10.1. The van der Waals surface area contributed by atoms with Crippen molar-refractivity contribution < 1.29 is 4.39 Å². The third-order valence-corrected chi connectivity index (χ3v) is 4.84. The molecule has 3 heterocycles. The first-order chi connectivity index (χ1) is 16.1. The highest BCUT2D eigenvalue weighted by atomic mass is 19.1. The number of halogens is 1. The lowest BCUT2D eigenvalue weighted by Gasteiger charge is -2.14. The number of nitrogen functional groups attached to an aromatic ring is 1. The molecule has 0 spiro atoms. The van der Waals surface area contributed by atoms with Crippen molar-refractivity contribution in [3.05, 3.63) is 89.1 Å². The summed E-state index contributed by atoms with van der Waals surface area (Å²) in [6.07, 6.45) is 4.62. The molecule has 0 aliphatic rings. The van der Waals surface area contributed by atoms with Crippen LogP contribution in [-0.2, 0) is 6.42 Å². The molecule has 2 aromatic carbocycles. The van der Waals surface area contributed by atoms with Crippen molar-refractivity contribution in [1.82, 2.24) is 24.5 Å². The Bertz CT molecular complexity index is 1390. The molecule has 8 heteroatoms. The molecule has 5 aromatic rings. The number of rotatable bonds is 3. The number of pyridine rings is 1. The maximum Gasteiger partial charge on any atom is 0.266 e. The number of anilines is 1. The van der Waals surface area contributed by atoms with Gasteiger partial charge in [-0.1, -0.05) is 57.5 Å². The van der Waals surface area contributed by atoms with Crippen molar-refractivity contribution in [1.29, 1.82) is 0 Å². The van der Waals surface area contributed by atoms with Gasteiger partial charge in [0.25, 0.3) is 5.56 Å². The molecule has 0 radical (unpaired) electrons. The highest BCUT2D eigenvalue weighted by Crippen LogP contribution is 2.19. The number of fused-ring (bicyclic) bond motifs is 2. The van der Waals surface area contributed by atoms with E-state index in [0.29, 0.717) is 22.4 Å². The minimum Gasteiger partial charge on any atom is -0.382 e. The zero-order valence-corrected chi connectivity index (χ0v) is 18.9. The van der Waals surface area contributed by atoms with Crippen LogP contribution in [-0.4, -0.2) is 24.5 Å². The Morgan fingerprint density at radius 2 is 1.79 bits per heavy atom. The fourth-order valence-corrected chi connectivity index (χ4v) is 3.46. The molecule has 0 saturated heterocycles. The Labute approximate surface area is 191 Å². The fourth-order valence-electron chi connectivity index (χ4n) is 3.46. The minimum absolute atomic E-state index is 0.154. The second-order valence-electron chi connectivity index (χ2n) is 6.93. The van der Waals surface area contributed by atoms with E-state index in [1.807, 2.05) is 50.2 Å². The Morgan fingerprint density at radius 1 is 1.03 bits per heavy atom. The summed E-state index contributed by atoms with van der Waals surface area (Å²) in [5.74, 6) is -0.0345. The van der Waals surface area contributed by atoms with Gasteiger partial charge in [0.2, 0.25) is 0 Å². The van der Waals surface area contributed by atoms with Gasteiger partial charge in [0, 0.05) is 11.4 Å². The quantitative estimate of drug-likeness (QED) is 0.404. The number of nitrogens with zero attached hydrogens (tertiary/aromatic N) is 4. The molecular formula is C25H27FN6O. The second-order valence-corrected chi connectivity index (χ2v) is 6.93. The predicted molar refractivity (Wildman–Crippen MR) is 131 cm³/mol. The van der Waals surface area contributed by atoms with Crippen molar-refractivity contribution in [3.63, 3.8) is 0 Å². The van der Waals surface area contributed by atoms with Crippen LogP contribution in [0.1, 0.15) is 32.9 Å². The summed E-state index contributed by atoms with van der Waals surface area (Å²) in [5.41, 5.74) is 8.17. The van der Waals surface area contributed by atoms with Crippen LogP contribution in [0.25, 0.3) is 27.6 Å². The van der Waals surface area contributed by atoms with Gasteiger partial charge in [-0.15, -0.1) is 0 Å². The first-order valence-corrected chi connectivity index (χ1v) is 10.9. The minimum atomic E-state index is -0.467. The molecule has 0 aliphatic carbocycles. The average molecular weight is 447 g/mol. The van der Waals surface area contributed by atoms with E-state index in [-0.39, 0.29) is 10.9 Å². The molecule has 0 amide bonds. The van der Waals surface area contributed by atoms with Crippen LogP contribution >= 0.6 is 0 Å². The summed E-state index contributed by atoms with van der Waals surface area (Å²) in [6.45, 7) is 6.07. The number of aryl methyl sites for hydroxylation is 1. The molecule has 3 N–H and O–H groups in total. The molecule has 0 fully saturated rings. The first-order valence-electron chi connectivity index (χ1n) is 10.9. The summed E-state index contributed by atoms with van der Waals surface area (Å²) >= 11 is 0. The normalized spacial score (nSPS) is 10.3. The average Bonchev–Trinajstić information content (AvgIpc) is 3.32. The van der Waals surface area contributed by atoms with E-state index in [4.69, 9.17) is 5.73 Å². The van der Waals surface area contributed by atoms with Gasteiger partial charge in [-0.05, 0) is 36.1 Å². The van der Waals surface area contributed by atoms with E-state index in [1.54, 1.807) is 16.7 Å². The second kappa shape index (κ2) is 11.0. The lowest BCUT2D eigenvalue weighted by Crippen LogP contribution is -2.22. The number of hydrogen-bond donors (Lipinski definition) is 2. The van der Waals surface area contributed by atoms with E-state index in [0.717, 1.165) is 24.2 Å². The van der Waals surface area contributed by atoms with E-state index in [1.165, 1.54) is 18.7 Å². The summed E-state index contributed by atoms with van der Waals surface area (Å²) in [4.78, 5) is 27.1. The number of benzene rings is 2. The zero-order valence-electron chi connectivity index (χ0n) is 18.9. The standard InChI is InChI=1S/C18H16FNO.C5H5N5.C2H6/c1-2-7-15-12-13-8-6-11-16(19)17(13)18(21)20(15)14-9-4-3-5-10-14;6-4-3-5(9-1-7-3)10-2-8-4;1-2/h3-6,8-12H,2,7H2,1H3;1-2H,(H3,6,7,8,9,10);1-2H3. The smallest absolute Gasteiger partial charge is 0.266 e. The number of aromatic amines is 1. The molecule has 0 atom stereocenters. The number of aromatic nitrogens is 5. The van der Waals surface area contributed by atoms with Crippen molar-refractivity contribution in [3.8, 4) is 5.69 Å². The van der Waals surface area contributed by atoms with Gasteiger partial charge >= 0.3 is 0 Å². The highest BCUT2D eigenvalue weighted by Gasteiger charge is 2.13. The molecule has 5 rings (SSSR count). The number of H-pyrrole nitrogens is 1. The topological polar surface area (TPSA) is 102 Å². The van der Waals surface area contributed by atoms with Crippen LogP contribution in [0.15, 0.2) is 72.0 Å². The fraction of sp³-hybridized carbons (Fsp3) is 0.200. The van der Waals surface area contributed by atoms with Crippen LogP contribution in [0.5, 0.6) is 0 Å². The largest absolute Gasteiger partial charge is 0.382 e. The summed E-state index contributed by atoms with van der Waals surface area (Å²) in [5, 5.41) is 0.817. The van der Waals surface area contributed by atoms with Crippen molar-refractivity contribution in [2.24, 2.45) is 0 Å². The van der Waals surface area contributed by atoms with Gasteiger partial charge in [-0.25, -0.2) is 19.3 Å². The predicted octanol–water partition coefficient (Wildman–Crippen LogP) is 5.04. The Morgan fingerprint density at radius 3 is 2.48 bits per heavy atom. The molecule has 170 valence electrons. The number of imidazole rings is 1. The van der Waals surface area contributed by atoms with Crippen LogP contribution in [0.3, 0.4) is 0 Å². The number of hydrogen-bond acceptors (Lipinski definition) is 5. The maximum absolute atomic E-state index is 14.0.